The smallest absolute Gasteiger partial charge is 0.251 e. The number of hydrogen-bond acceptors (Lipinski definition) is 3. The van der Waals surface area contributed by atoms with Gasteiger partial charge in [-0.25, -0.2) is 4.98 Å². The summed E-state index contributed by atoms with van der Waals surface area (Å²) in [7, 11) is 0. The zero-order valence-corrected chi connectivity index (χ0v) is 14.5. The number of para-hydroxylation sites is 1. The first-order valence-corrected chi connectivity index (χ1v) is 8.81. The number of rotatable bonds is 8. The summed E-state index contributed by atoms with van der Waals surface area (Å²) < 4.78 is 0. The van der Waals surface area contributed by atoms with Gasteiger partial charge in [-0.1, -0.05) is 31.5 Å². The molecule has 3 aromatic rings. The molecule has 0 radical (unpaired) electrons. The first kappa shape index (κ1) is 17.0. The third-order valence-electron chi connectivity index (χ3n) is 4.21. The van der Waals surface area contributed by atoms with Gasteiger partial charge in [0.25, 0.3) is 5.91 Å². The molecule has 0 aliphatic rings. The normalized spacial score (nSPS) is 10.8. The molecular weight excluding hydrogens is 312 g/mol. The third kappa shape index (κ3) is 4.38. The maximum Gasteiger partial charge on any atom is 0.251 e. The number of pyridine rings is 1. The van der Waals surface area contributed by atoms with Crippen LogP contribution in [-0.4, -0.2) is 29.0 Å². The van der Waals surface area contributed by atoms with E-state index in [0.29, 0.717) is 12.1 Å². The molecule has 5 nitrogen and oxygen atoms in total. The number of H-pyrrole nitrogens is 1. The van der Waals surface area contributed by atoms with Gasteiger partial charge < -0.3 is 15.6 Å². The van der Waals surface area contributed by atoms with E-state index in [1.807, 2.05) is 18.3 Å². The molecule has 25 heavy (non-hydrogen) atoms. The van der Waals surface area contributed by atoms with E-state index in [4.69, 9.17) is 0 Å². The summed E-state index contributed by atoms with van der Waals surface area (Å²) in [4.78, 5) is 19.9. The Bertz CT molecular complexity index is 840. The lowest BCUT2D eigenvalue weighted by Gasteiger charge is -2.08. The lowest BCUT2D eigenvalue weighted by Crippen LogP contribution is -2.25. The van der Waals surface area contributed by atoms with Crippen LogP contribution in [-0.2, 0) is 6.42 Å². The van der Waals surface area contributed by atoms with Crippen molar-refractivity contribution >= 4 is 22.6 Å². The number of nitrogens with zero attached hydrogens (tertiary/aromatic N) is 1. The van der Waals surface area contributed by atoms with Crippen molar-refractivity contribution in [1.82, 2.24) is 15.3 Å². The largest absolute Gasteiger partial charge is 0.370 e. The summed E-state index contributed by atoms with van der Waals surface area (Å²) in [5.41, 5.74) is 2.97. The number of carbonyl (C=O) groups excluding carboxylic acids is 1. The molecule has 2 heterocycles. The van der Waals surface area contributed by atoms with Crippen LogP contribution in [0.2, 0.25) is 0 Å². The average molecular weight is 336 g/mol. The van der Waals surface area contributed by atoms with E-state index in [9.17, 15) is 4.79 Å². The van der Waals surface area contributed by atoms with Gasteiger partial charge in [0.1, 0.15) is 5.82 Å². The highest BCUT2D eigenvalue weighted by Gasteiger charge is 2.08. The fourth-order valence-corrected chi connectivity index (χ4v) is 2.81. The molecule has 2 aromatic heterocycles. The summed E-state index contributed by atoms with van der Waals surface area (Å²) in [6, 6.07) is 11.7. The minimum Gasteiger partial charge on any atom is -0.370 e. The van der Waals surface area contributed by atoms with Crippen LogP contribution in [0.1, 0.15) is 35.7 Å². The lowest BCUT2D eigenvalue weighted by molar-refractivity contribution is 0.0954. The topological polar surface area (TPSA) is 69.8 Å². The van der Waals surface area contributed by atoms with Crippen LogP contribution in [0.3, 0.4) is 0 Å². The quantitative estimate of drug-likeness (QED) is 0.549. The Labute approximate surface area is 147 Å². The first-order valence-electron chi connectivity index (χ1n) is 8.81. The standard InChI is InChI=1S/C20H24N4O/c1-2-3-10-21-19-13-15(8-11-22-19)20(25)23-12-9-16-14-24-18-7-5-4-6-17(16)18/h4-8,11,13-14,24H,2-3,9-10,12H2,1H3,(H,21,22)(H,23,25). The molecule has 1 aromatic carbocycles. The fourth-order valence-electron chi connectivity index (χ4n) is 2.81. The molecule has 0 atom stereocenters. The van der Waals surface area contributed by atoms with Gasteiger partial charge in [0.15, 0.2) is 0 Å². The molecule has 0 spiro atoms. The number of anilines is 1. The second-order valence-corrected chi connectivity index (χ2v) is 6.08. The molecule has 3 rings (SSSR count). The molecule has 130 valence electrons. The molecular formula is C20H24N4O. The Kier molecular flexibility index (Phi) is 5.67. The van der Waals surface area contributed by atoms with Crippen molar-refractivity contribution in [2.24, 2.45) is 0 Å². The number of hydrogen-bond donors (Lipinski definition) is 3. The predicted octanol–water partition coefficient (Wildman–Crippen LogP) is 3.75. The predicted molar refractivity (Wildman–Crippen MR) is 102 cm³/mol. The Morgan fingerprint density at radius 3 is 2.96 bits per heavy atom. The minimum atomic E-state index is -0.0687. The van der Waals surface area contributed by atoms with E-state index in [1.54, 1.807) is 18.3 Å². The number of aromatic nitrogens is 2. The second-order valence-electron chi connectivity index (χ2n) is 6.08. The lowest BCUT2D eigenvalue weighted by atomic mass is 10.1. The number of fused-ring (bicyclic) bond motifs is 1. The molecule has 3 N–H and O–H groups in total. The van der Waals surface area contributed by atoms with Crippen LogP contribution in [0.25, 0.3) is 10.9 Å². The summed E-state index contributed by atoms with van der Waals surface area (Å²) in [6.07, 6.45) is 6.69. The van der Waals surface area contributed by atoms with Crippen molar-refractivity contribution in [2.75, 3.05) is 18.4 Å². The van der Waals surface area contributed by atoms with Crippen molar-refractivity contribution in [3.05, 3.63) is 59.9 Å². The Morgan fingerprint density at radius 2 is 2.08 bits per heavy atom. The van der Waals surface area contributed by atoms with E-state index in [-0.39, 0.29) is 5.91 Å². The van der Waals surface area contributed by atoms with Crippen LogP contribution in [0.5, 0.6) is 0 Å². The van der Waals surface area contributed by atoms with E-state index in [1.165, 1.54) is 10.9 Å². The Hall–Kier alpha value is -2.82. The summed E-state index contributed by atoms with van der Waals surface area (Å²) in [6.45, 7) is 3.61. The number of carbonyl (C=O) groups is 1. The van der Waals surface area contributed by atoms with Gasteiger partial charge in [0.2, 0.25) is 0 Å². The van der Waals surface area contributed by atoms with Gasteiger partial charge in [-0.2, -0.15) is 0 Å². The number of aromatic amines is 1. The van der Waals surface area contributed by atoms with E-state index >= 15 is 0 Å². The van der Waals surface area contributed by atoms with Crippen LogP contribution in [0.4, 0.5) is 5.82 Å². The van der Waals surface area contributed by atoms with Gasteiger partial charge >= 0.3 is 0 Å². The zero-order chi connectivity index (χ0) is 17.5. The fraction of sp³-hybridized carbons (Fsp3) is 0.300. The van der Waals surface area contributed by atoms with E-state index in [2.05, 4.69) is 39.7 Å². The summed E-state index contributed by atoms with van der Waals surface area (Å²) in [5, 5.41) is 7.44. The molecule has 0 aliphatic heterocycles. The van der Waals surface area contributed by atoms with Crippen LogP contribution >= 0.6 is 0 Å². The SMILES string of the molecule is CCCCNc1cc(C(=O)NCCc2c[nH]c3ccccc23)ccn1. The maximum atomic E-state index is 12.3. The van der Waals surface area contributed by atoms with Crippen molar-refractivity contribution in [3.8, 4) is 0 Å². The molecule has 0 saturated heterocycles. The minimum absolute atomic E-state index is 0.0687. The first-order chi connectivity index (χ1) is 12.3. The van der Waals surface area contributed by atoms with E-state index < -0.39 is 0 Å². The monoisotopic (exact) mass is 336 g/mol. The molecule has 0 saturated carbocycles. The van der Waals surface area contributed by atoms with Crippen LogP contribution in [0, 0.1) is 0 Å². The highest BCUT2D eigenvalue weighted by molar-refractivity contribution is 5.94. The van der Waals surface area contributed by atoms with Gasteiger partial charge in [0.05, 0.1) is 0 Å². The second kappa shape index (κ2) is 8.33. The van der Waals surface area contributed by atoms with Crippen LogP contribution < -0.4 is 10.6 Å². The highest BCUT2D eigenvalue weighted by atomic mass is 16.1. The number of nitrogens with one attached hydrogen (secondary N) is 3. The molecule has 0 aliphatic carbocycles. The van der Waals surface area contributed by atoms with Gasteiger partial charge in [-0.15, -0.1) is 0 Å². The van der Waals surface area contributed by atoms with Crippen molar-refractivity contribution < 1.29 is 4.79 Å². The van der Waals surface area contributed by atoms with Crippen molar-refractivity contribution in [3.63, 3.8) is 0 Å². The highest BCUT2D eigenvalue weighted by Crippen LogP contribution is 2.17. The van der Waals surface area contributed by atoms with Gasteiger partial charge in [-0.3, -0.25) is 4.79 Å². The third-order valence-corrected chi connectivity index (χ3v) is 4.21. The summed E-state index contributed by atoms with van der Waals surface area (Å²) >= 11 is 0. The number of unbranched alkanes of at least 4 members (excludes halogenated alkanes) is 1. The number of amides is 1. The van der Waals surface area contributed by atoms with Crippen LogP contribution in [0.15, 0.2) is 48.8 Å². The maximum absolute atomic E-state index is 12.3. The molecule has 0 bridgehead atoms. The molecule has 5 heteroatoms. The summed E-state index contributed by atoms with van der Waals surface area (Å²) in [5.74, 6) is 0.679. The van der Waals surface area contributed by atoms with Crippen molar-refractivity contribution in [2.45, 2.75) is 26.2 Å². The van der Waals surface area contributed by atoms with Gasteiger partial charge in [-0.05, 0) is 36.6 Å². The molecule has 0 unspecified atom stereocenters. The Morgan fingerprint density at radius 1 is 1.20 bits per heavy atom. The zero-order valence-electron chi connectivity index (χ0n) is 14.5. The van der Waals surface area contributed by atoms with E-state index in [0.717, 1.165) is 37.1 Å². The van der Waals surface area contributed by atoms with Crippen molar-refractivity contribution in [1.29, 1.82) is 0 Å². The average Bonchev–Trinajstić information content (AvgIpc) is 3.05. The Balaban J connectivity index is 1.55. The molecule has 1 amide bonds. The van der Waals surface area contributed by atoms with Gasteiger partial charge in [0, 0.05) is 41.9 Å². The number of benzene rings is 1. The molecule has 0 fully saturated rings.